The SMILES string of the molecule is CCOC(=O)CNC(=O)NCc1nnc(SCc2ccccc2C)n1-c1cc(Cl)ccc1C. The summed E-state index contributed by atoms with van der Waals surface area (Å²) in [5.74, 6) is 0.761. The summed E-state index contributed by atoms with van der Waals surface area (Å²) in [6.07, 6.45) is 0. The van der Waals surface area contributed by atoms with Crippen LogP contribution in [0.2, 0.25) is 5.02 Å². The first kappa shape index (κ1) is 24.6. The Hall–Kier alpha value is -3.04. The quantitative estimate of drug-likeness (QED) is 0.347. The van der Waals surface area contributed by atoms with Gasteiger partial charge in [0.25, 0.3) is 0 Å². The molecule has 0 spiro atoms. The van der Waals surface area contributed by atoms with Crippen LogP contribution in [-0.2, 0) is 21.8 Å². The largest absolute Gasteiger partial charge is 0.465 e. The molecule has 8 nitrogen and oxygen atoms in total. The van der Waals surface area contributed by atoms with E-state index in [9.17, 15) is 9.59 Å². The number of amides is 2. The number of rotatable bonds is 9. The van der Waals surface area contributed by atoms with Crippen LogP contribution < -0.4 is 10.6 Å². The number of carbonyl (C=O) groups excluding carboxylic acids is 2. The van der Waals surface area contributed by atoms with E-state index in [4.69, 9.17) is 16.3 Å². The molecule has 1 heterocycles. The summed E-state index contributed by atoms with van der Waals surface area (Å²) in [7, 11) is 0. The fourth-order valence-corrected chi connectivity index (χ4v) is 4.28. The van der Waals surface area contributed by atoms with Gasteiger partial charge in [-0.1, -0.05) is 53.7 Å². The number of thioether (sulfide) groups is 1. The zero-order chi connectivity index (χ0) is 23.8. The molecule has 0 atom stereocenters. The van der Waals surface area contributed by atoms with Crippen LogP contribution in [0.4, 0.5) is 4.79 Å². The van der Waals surface area contributed by atoms with Crippen molar-refractivity contribution in [3.63, 3.8) is 0 Å². The first-order valence-corrected chi connectivity index (χ1v) is 11.8. The Morgan fingerprint density at radius 2 is 1.88 bits per heavy atom. The van der Waals surface area contributed by atoms with Crippen molar-refractivity contribution in [2.75, 3.05) is 13.2 Å². The van der Waals surface area contributed by atoms with Gasteiger partial charge in [-0.3, -0.25) is 9.36 Å². The van der Waals surface area contributed by atoms with Gasteiger partial charge in [-0.15, -0.1) is 10.2 Å². The Balaban J connectivity index is 1.80. The number of hydrogen-bond acceptors (Lipinski definition) is 6. The van der Waals surface area contributed by atoms with E-state index in [1.807, 2.05) is 41.8 Å². The fraction of sp³-hybridized carbons (Fsp3) is 0.304. The summed E-state index contributed by atoms with van der Waals surface area (Å²) >= 11 is 7.83. The minimum atomic E-state index is -0.505. The van der Waals surface area contributed by atoms with E-state index in [2.05, 4.69) is 39.9 Å². The molecule has 0 saturated heterocycles. The molecule has 0 bridgehead atoms. The van der Waals surface area contributed by atoms with Crippen molar-refractivity contribution < 1.29 is 14.3 Å². The highest BCUT2D eigenvalue weighted by molar-refractivity contribution is 7.98. The number of carbonyl (C=O) groups is 2. The van der Waals surface area contributed by atoms with Gasteiger partial charge in [0.1, 0.15) is 6.54 Å². The molecular formula is C23H26ClN5O3S. The van der Waals surface area contributed by atoms with E-state index in [1.165, 1.54) is 11.1 Å². The average molecular weight is 488 g/mol. The number of nitrogens with zero attached hydrogens (tertiary/aromatic N) is 3. The first-order valence-electron chi connectivity index (χ1n) is 10.4. The Labute approximate surface area is 202 Å². The van der Waals surface area contributed by atoms with Gasteiger partial charge in [0.05, 0.1) is 18.8 Å². The molecule has 1 aromatic heterocycles. The zero-order valence-electron chi connectivity index (χ0n) is 18.7. The van der Waals surface area contributed by atoms with Crippen molar-refractivity contribution in [2.24, 2.45) is 0 Å². The number of aromatic nitrogens is 3. The number of nitrogens with one attached hydrogen (secondary N) is 2. The smallest absolute Gasteiger partial charge is 0.325 e. The molecule has 0 unspecified atom stereocenters. The topological polar surface area (TPSA) is 98.1 Å². The fourth-order valence-electron chi connectivity index (χ4n) is 3.07. The van der Waals surface area contributed by atoms with E-state index in [0.29, 0.717) is 16.0 Å². The van der Waals surface area contributed by atoms with Crippen molar-refractivity contribution >= 4 is 35.4 Å². The number of aryl methyl sites for hydroxylation is 2. The van der Waals surface area contributed by atoms with Gasteiger partial charge in [-0.05, 0) is 49.6 Å². The molecule has 0 radical (unpaired) electrons. The van der Waals surface area contributed by atoms with Crippen LogP contribution in [0.1, 0.15) is 29.4 Å². The van der Waals surface area contributed by atoms with Crippen LogP contribution >= 0.6 is 23.4 Å². The predicted octanol–water partition coefficient (Wildman–Crippen LogP) is 4.19. The maximum atomic E-state index is 12.1. The maximum absolute atomic E-state index is 12.1. The van der Waals surface area contributed by atoms with Gasteiger partial charge in [-0.2, -0.15) is 0 Å². The molecule has 0 aliphatic carbocycles. The molecule has 2 N–H and O–H groups in total. The Morgan fingerprint density at radius 3 is 2.64 bits per heavy atom. The molecule has 0 aliphatic rings. The monoisotopic (exact) mass is 487 g/mol. The standard InChI is InChI=1S/C23H26ClN5O3S/c1-4-32-21(30)13-26-22(31)25-12-20-27-28-23(33-14-17-8-6-5-7-15(17)2)29(20)19-11-18(24)10-9-16(19)3/h5-11H,4,12-14H2,1-3H3,(H2,25,26,31). The molecule has 3 aromatic rings. The molecule has 3 rings (SSSR count). The van der Waals surface area contributed by atoms with E-state index < -0.39 is 12.0 Å². The lowest BCUT2D eigenvalue weighted by Crippen LogP contribution is -2.39. The minimum Gasteiger partial charge on any atom is -0.465 e. The second-order valence-electron chi connectivity index (χ2n) is 7.22. The van der Waals surface area contributed by atoms with Crippen molar-refractivity contribution in [3.8, 4) is 5.69 Å². The lowest BCUT2D eigenvalue weighted by molar-refractivity contribution is -0.141. The molecule has 0 aliphatic heterocycles. The van der Waals surface area contributed by atoms with Crippen LogP contribution in [0.25, 0.3) is 5.69 Å². The Kier molecular flexibility index (Phi) is 8.73. The molecule has 0 fully saturated rings. The van der Waals surface area contributed by atoms with Crippen LogP contribution in [0.3, 0.4) is 0 Å². The highest BCUT2D eigenvalue weighted by Crippen LogP contribution is 2.29. The summed E-state index contributed by atoms with van der Waals surface area (Å²) < 4.78 is 6.71. The third-order valence-electron chi connectivity index (χ3n) is 4.84. The Bertz CT molecular complexity index is 1140. The number of benzene rings is 2. The molecule has 10 heteroatoms. The van der Waals surface area contributed by atoms with Crippen LogP contribution in [0.5, 0.6) is 0 Å². The van der Waals surface area contributed by atoms with Crippen molar-refractivity contribution in [1.29, 1.82) is 0 Å². The van der Waals surface area contributed by atoms with Gasteiger partial charge < -0.3 is 15.4 Å². The molecule has 174 valence electrons. The molecule has 2 aromatic carbocycles. The van der Waals surface area contributed by atoms with E-state index in [0.717, 1.165) is 17.0 Å². The van der Waals surface area contributed by atoms with Crippen molar-refractivity contribution in [2.45, 2.75) is 38.2 Å². The second-order valence-corrected chi connectivity index (χ2v) is 8.60. The normalized spacial score (nSPS) is 10.7. The zero-order valence-corrected chi connectivity index (χ0v) is 20.3. The van der Waals surface area contributed by atoms with Crippen molar-refractivity contribution in [1.82, 2.24) is 25.4 Å². The summed E-state index contributed by atoms with van der Waals surface area (Å²) in [5, 5.41) is 15.1. The summed E-state index contributed by atoms with van der Waals surface area (Å²) in [5.41, 5.74) is 4.24. The van der Waals surface area contributed by atoms with Gasteiger partial charge in [0, 0.05) is 10.8 Å². The minimum absolute atomic E-state index is 0.110. The molecule has 0 saturated carbocycles. The van der Waals surface area contributed by atoms with Gasteiger partial charge in [-0.25, -0.2) is 4.79 Å². The van der Waals surface area contributed by atoms with E-state index in [-0.39, 0.29) is 19.7 Å². The van der Waals surface area contributed by atoms with Gasteiger partial charge in [0.2, 0.25) is 0 Å². The van der Waals surface area contributed by atoms with Crippen LogP contribution in [0.15, 0.2) is 47.6 Å². The summed E-state index contributed by atoms with van der Waals surface area (Å²) in [4.78, 5) is 23.6. The third-order valence-corrected chi connectivity index (χ3v) is 6.05. The van der Waals surface area contributed by atoms with Gasteiger partial charge >= 0.3 is 12.0 Å². The number of esters is 1. The number of hydrogen-bond donors (Lipinski definition) is 2. The maximum Gasteiger partial charge on any atom is 0.325 e. The predicted molar refractivity (Wildman–Crippen MR) is 129 cm³/mol. The number of halogens is 1. The van der Waals surface area contributed by atoms with Gasteiger partial charge in [0.15, 0.2) is 11.0 Å². The number of ether oxygens (including phenoxy) is 1. The van der Waals surface area contributed by atoms with Crippen LogP contribution in [-0.4, -0.2) is 39.9 Å². The van der Waals surface area contributed by atoms with Crippen molar-refractivity contribution in [3.05, 3.63) is 70.0 Å². The molecule has 33 heavy (non-hydrogen) atoms. The first-order chi connectivity index (χ1) is 15.9. The lowest BCUT2D eigenvalue weighted by Gasteiger charge is -2.14. The number of urea groups is 1. The summed E-state index contributed by atoms with van der Waals surface area (Å²) in [6.45, 7) is 5.91. The highest BCUT2D eigenvalue weighted by atomic mass is 35.5. The second kappa shape index (κ2) is 11.7. The third kappa shape index (κ3) is 6.72. The Morgan fingerprint density at radius 1 is 1.09 bits per heavy atom. The molecule has 2 amide bonds. The lowest BCUT2D eigenvalue weighted by atomic mass is 10.1. The average Bonchev–Trinajstić information content (AvgIpc) is 3.20. The van der Waals surface area contributed by atoms with Crippen LogP contribution in [0, 0.1) is 13.8 Å². The molecular weight excluding hydrogens is 462 g/mol. The van der Waals surface area contributed by atoms with E-state index >= 15 is 0 Å². The summed E-state index contributed by atoms with van der Waals surface area (Å²) in [6, 6.07) is 13.3. The highest BCUT2D eigenvalue weighted by Gasteiger charge is 2.18. The van der Waals surface area contributed by atoms with E-state index in [1.54, 1.807) is 18.7 Å².